The number of allylic oxidation sites excluding steroid dienone is 1. The maximum atomic E-state index is 12.7. The Balaban J connectivity index is 1.08. The van der Waals surface area contributed by atoms with Crippen LogP contribution >= 0.6 is 0 Å². The molecule has 7 nitrogen and oxygen atoms in total. The fraction of sp³-hybridized carbons (Fsp3) is 0.927. The summed E-state index contributed by atoms with van der Waals surface area (Å²) in [5.74, 6) is 5.15. The van der Waals surface area contributed by atoms with Gasteiger partial charge < -0.3 is 31.7 Å². The number of alkyl carbamates (subject to hydrolysis) is 1. The molecule has 4 aliphatic carbocycles. The van der Waals surface area contributed by atoms with E-state index in [9.17, 15) is 4.79 Å². The second-order valence-electron chi connectivity index (χ2n) is 17.3. The maximum absolute atomic E-state index is 12.7. The number of ether oxygens (including phenoxy) is 1. The van der Waals surface area contributed by atoms with Gasteiger partial charge in [-0.25, -0.2) is 4.79 Å². The molecule has 8 atom stereocenters. The Morgan fingerprint density at radius 3 is 2.17 bits per heavy atom. The highest BCUT2D eigenvalue weighted by atomic mass is 16.6. The van der Waals surface area contributed by atoms with E-state index >= 15 is 0 Å². The summed E-state index contributed by atoms with van der Waals surface area (Å²) in [4.78, 5) is 12.7. The Morgan fingerprint density at radius 1 is 0.812 bits per heavy atom. The third-order valence-electron chi connectivity index (χ3n) is 13.6. The Bertz CT molecular complexity index is 972. The molecule has 3 saturated carbocycles. The first-order valence-electron chi connectivity index (χ1n) is 20.6. The van der Waals surface area contributed by atoms with Gasteiger partial charge >= 0.3 is 6.09 Å². The van der Waals surface area contributed by atoms with Crippen molar-refractivity contribution in [1.82, 2.24) is 21.3 Å². The zero-order valence-corrected chi connectivity index (χ0v) is 32.0. The summed E-state index contributed by atoms with van der Waals surface area (Å²) in [5, 5.41) is 13.5. The molecule has 0 spiro atoms. The van der Waals surface area contributed by atoms with E-state index in [1.807, 2.05) is 0 Å². The van der Waals surface area contributed by atoms with Gasteiger partial charge in [-0.15, -0.1) is 0 Å². The number of carbonyl (C=O) groups excluding carboxylic acids is 1. The van der Waals surface area contributed by atoms with Crippen molar-refractivity contribution in [2.75, 3.05) is 52.4 Å². The smallest absolute Gasteiger partial charge is 0.407 e. The molecule has 0 aromatic heterocycles. The van der Waals surface area contributed by atoms with Crippen molar-refractivity contribution in [3.05, 3.63) is 11.6 Å². The van der Waals surface area contributed by atoms with Crippen LogP contribution in [0.15, 0.2) is 11.6 Å². The molecular weight excluding hydrogens is 594 g/mol. The molecule has 0 heterocycles. The zero-order chi connectivity index (χ0) is 34.4. The third-order valence-corrected chi connectivity index (χ3v) is 13.6. The van der Waals surface area contributed by atoms with E-state index in [0.717, 1.165) is 113 Å². The second kappa shape index (κ2) is 20.0. The molecule has 0 radical (unpaired) electrons. The van der Waals surface area contributed by atoms with Crippen molar-refractivity contribution in [3.8, 4) is 0 Å². The van der Waals surface area contributed by atoms with E-state index in [1.54, 1.807) is 5.57 Å². The summed E-state index contributed by atoms with van der Waals surface area (Å²) in [6.45, 7) is 20.2. The predicted octanol–water partition coefficient (Wildman–Crippen LogP) is 7.80. The van der Waals surface area contributed by atoms with E-state index in [-0.39, 0.29) is 12.2 Å². The van der Waals surface area contributed by atoms with Gasteiger partial charge in [0.25, 0.3) is 0 Å². The van der Waals surface area contributed by atoms with Crippen molar-refractivity contribution in [2.45, 2.75) is 143 Å². The predicted molar refractivity (Wildman–Crippen MR) is 202 cm³/mol. The number of nitrogens with two attached hydrogens (primary N) is 1. The van der Waals surface area contributed by atoms with Gasteiger partial charge in [-0.05, 0) is 169 Å². The third kappa shape index (κ3) is 10.9. The van der Waals surface area contributed by atoms with Gasteiger partial charge in [0.2, 0.25) is 0 Å². The number of carbonyl (C=O) groups is 1. The number of rotatable bonds is 22. The van der Waals surface area contributed by atoms with Gasteiger partial charge in [-0.3, -0.25) is 0 Å². The van der Waals surface area contributed by atoms with Crippen LogP contribution in [0.5, 0.6) is 0 Å². The van der Waals surface area contributed by atoms with Crippen LogP contribution in [0.1, 0.15) is 137 Å². The van der Waals surface area contributed by atoms with Gasteiger partial charge in [0, 0.05) is 13.0 Å². The van der Waals surface area contributed by atoms with Crippen molar-refractivity contribution >= 4 is 6.09 Å². The molecule has 48 heavy (non-hydrogen) atoms. The van der Waals surface area contributed by atoms with Crippen molar-refractivity contribution < 1.29 is 9.53 Å². The molecular formula is C41H77N5O2. The Hall–Kier alpha value is -1.15. The normalized spacial score (nSPS) is 31.9. The largest absolute Gasteiger partial charge is 0.446 e. The molecule has 278 valence electrons. The van der Waals surface area contributed by atoms with Crippen LogP contribution in [0.3, 0.4) is 0 Å². The fourth-order valence-electron chi connectivity index (χ4n) is 10.8. The van der Waals surface area contributed by atoms with Gasteiger partial charge in [0.05, 0.1) is 0 Å². The summed E-state index contributed by atoms with van der Waals surface area (Å²) in [7, 11) is 0. The number of fused-ring (bicyclic) bond motifs is 5. The number of amides is 1. The molecule has 4 aliphatic rings. The number of nitrogens with one attached hydrogen (secondary N) is 4. The number of hydrogen-bond acceptors (Lipinski definition) is 6. The molecule has 3 fully saturated rings. The Morgan fingerprint density at radius 2 is 1.48 bits per heavy atom. The molecule has 1 amide bonds. The standard InChI is InChI=1S/C41H77N5O2/c1-31(2)12-8-13-32(3)36-16-17-37-35-15-14-33-30-34(18-20-40(33,4)38(35)19-21-41(36,37)5)48-39(47)46-29-11-28-44-24-7-6-23-43-26-10-27-45-25-9-22-42/h14,31-32,34-38,43-45H,6-13,15-30,42H2,1-5H3,(H,46,47)/t32-,34+,35+,36-,37+,38+,40+,41-/m1/s1. The monoisotopic (exact) mass is 672 g/mol. The minimum Gasteiger partial charge on any atom is -0.446 e. The van der Waals surface area contributed by atoms with Crippen molar-refractivity contribution in [3.63, 3.8) is 0 Å². The summed E-state index contributed by atoms with van der Waals surface area (Å²) < 4.78 is 5.99. The topological polar surface area (TPSA) is 100 Å². The minimum absolute atomic E-state index is 0.0245. The molecule has 0 saturated heterocycles. The van der Waals surface area contributed by atoms with Gasteiger partial charge in [-0.1, -0.05) is 65.5 Å². The highest BCUT2D eigenvalue weighted by Gasteiger charge is 2.59. The molecule has 0 bridgehead atoms. The maximum Gasteiger partial charge on any atom is 0.407 e. The van der Waals surface area contributed by atoms with Crippen LogP contribution in [0, 0.1) is 46.3 Å². The highest BCUT2D eigenvalue weighted by Crippen LogP contribution is 2.67. The molecule has 7 heteroatoms. The Kier molecular flexibility index (Phi) is 16.5. The average Bonchev–Trinajstić information content (AvgIpc) is 3.42. The number of unbranched alkanes of at least 4 members (excludes halogenated alkanes) is 1. The van der Waals surface area contributed by atoms with Gasteiger partial charge in [0.15, 0.2) is 0 Å². The second-order valence-corrected chi connectivity index (χ2v) is 17.3. The van der Waals surface area contributed by atoms with Gasteiger partial charge in [0.1, 0.15) is 6.10 Å². The Labute approximate surface area is 295 Å². The van der Waals surface area contributed by atoms with Crippen LogP contribution in [0.4, 0.5) is 4.79 Å². The van der Waals surface area contributed by atoms with E-state index in [0.29, 0.717) is 17.4 Å². The number of hydrogen-bond donors (Lipinski definition) is 5. The molecule has 4 rings (SSSR count). The SMILES string of the molecule is CC(C)CCC[C@@H](C)[C@H]1CC[C@H]2[C@@H]3CC=C4C[C@@H](OC(=O)NCCCNCCCCNCCCNCCCN)CC[C@]4(C)[C@H]3CC[C@]12C. The molecule has 0 unspecified atom stereocenters. The molecule has 6 N–H and O–H groups in total. The zero-order valence-electron chi connectivity index (χ0n) is 32.0. The lowest BCUT2D eigenvalue weighted by Crippen LogP contribution is -2.51. The van der Waals surface area contributed by atoms with Crippen LogP contribution in [-0.4, -0.2) is 64.6 Å². The van der Waals surface area contributed by atoms with E-state index in [1.165, 1.54) is 70.6 Å². The molecule has 0 aromatic carbocycles. The fourth-order valence-corrected chi connectivity index (χ4v) is 10.8. The van der Waals surface area contributed by atoms with Crippen LogP contribution < -0.4 is 27.0 Å². The van der Waals surface area contributed by atoms with Crippen LogP contribution in [0.2, 0.25) is 0 Å². The van der Waals surface area contributed by atoms with E-state index < -0.39 is 0 Å². The van der Waals surface area contributed by atoms with Gasteiger partial charge in [-0.2, -0.15) is 0 Å². The lowest BCUT2D eigenvalue weighted by atomic mass is 9.47. The summed E-state index contributed by atoms with van der Waals surface area (Å²) in [5.41, 5.74) is 7.94. The van der Waals surface area contributed by atoms with Crippen molar-refractivity contribution in [1.29, 1.82) is 0 Å². The highest BCUT2D eigenvalue weighted by molar-refractivity contribution is 5.67. The summed E-state index contributed by atoms with van der Waals surface area (Å²) in [6.07, 6.45) is 22.2. The average molecular weight is 672 g/mol. The van der Waals surface area contributed by atoms with E-state index in [4.69, 9.17) is 10.5 Å². The molecule has 0 aromatic rings. The summed E-state index contributed by atoms with van der Waals surface area (Å²) >= 11 is 0. The van der Waals surface area contributed by atoms with Crippen LogP contribution in [-0.2, 0) is 4.74 Å². The minimum atomic E-state index is -0.230. The first-order chi connectivity index (χ1) is 23.2. The molecule has 0 aliphatic heterocycles. The lowest BCUT2D eigenvalue weighted by Gasteiger charge is -2.58. The summed E-state index contributed by atoms with van der Waals surface area (Å²) in [6, 6.07) is 0. The van der Waals surface area contributed by atoms with E-state index in [2.05, 4.69) is 62.0 Å². The first kappa shape index (κ1) is 39.6. The lowest BCUT2D eigenvalue weighted by molar-refractivity contribution is -0.0581. The first-order valence-corrected chi connectivity index (χ1v) is 20.6. The van der Waals surface area contributed by atoms with Crippen molar-refractivity contribution in [2.24, 2.45) is 52.1 Å². The quantitative estimate of drug-likeness (QED) is 0.0595. The van der Waals surface area contributed by atoms with Crippen LogP contribution in [0.25, 0.3) is 0 Å².